The summed E-state index contributed by atoms with van der Waals surface area (Å²) < 4.78 is 12.8. The Hall–Kier alpha value is -2.72. The summed E-state index contributed by atoms with van der Waals surface area (Å²) in [5.41, 5.74) is 12.7. The topological polar surface area (TPSA) is 151 Å². The Labute approximate surface area is 175 Å². The van der Waals surface area contributed by atoms with Crippen LogP contribution >= 0.6 is 0 Å². The Balaban J connectivity index is 2.12. The number of hydrogen-bond acceptors (Lipinski definition) is 9. The lowest BCUT2D eigenvalue weighted by atomic mass is 10.0. The molecule has 3 aromatic rings. The molecule has 164 valence electrons. The van der Waals surface area contributed by atoms with E-state index in [1.807, 2.05) is 11.5 Å². The molecule has 1 atom stereocenters. The van der Waals surface area contributed by atoms with Gasteiger partial charge in [-0.05, 0) is 44.1 Å². The average Bonchev–Trinajstić information content (AvgIpc) is 3.30. The number of fused-ring (bicyclic) bond motifs is 1. The fraction of sp³-hybridized carbons (Fsp3) is 0.600. The van der Waals surface area contributed by atoms with Crippen molar-refractivity contribution in [2.75, 3.05) is 18.9 Å². The van der Waals surface area contributed by atoms with Gasteiger partial charge in [0.15, 0.2) is 23.1 Å². The van der Waals surface area contributed by atoms with Crippen LogP contribution in [0.1, 0.15) is 52.7 Å². The maximum absolute atomic E-state index is 10.6. The molecule has 5 N–H and O–H groups in total. The van der Waals surface area contributed by atoms with Crippen molar-refractivity contribution in [1.82, 2.24) is 24.8 Å². The summed E-state index contributed by atoms with van der Waals surface area (Å²) in [6, 6.07) is 0. The van der Waals surface area contributed by atoms with Crippen molar-refractivity contribution in [3.8, 4) is 17.3 Å². The van der Waals surface area contributed by atoms with E-state index in [0.29, 0.717) is 53.7 Å². The van der Waals surface area contributed by atoms with E-state index in [0.717, 1.165) is 19.3 Å². The number of aliphatic hydroxyl groups is 1. The lowest BCUT2D eigenvalue weighted by molar-refractivity contribution is 0.0753. The standard InChI is InChI=1S/C20H31N7O3/c1-5-7-8-12(9-21)11-29-13-10-23-17(20(3,4)28)14-16(13)27(6-2)19(24-14)15-18(22)26-30-25-15/h10,12,28H,5-9,11,21H2,1-4H3,(H2,22,26). The molecule has 0 fully saturated rings. The predicted octanol–water partition coefficient (Wildman–Crippen LogP) is 2.45. The van der Waals surface area contributed by atoms with Gasteiger partial charge in [0.2, 0.25) is 0 Å². The lowest BCUT2D eigenvalue weighted by Crippen LogP contribution is -2.22. The molecule has 0 spiro atoms. The molecule has 10 heteroatoms. The van der Waals surface area contributed by atoms with Gasteiger partial charge in [-0.25, -0.2) is 9.61 Å². The van der Waals surface area contributed by atoms with Crippen LogP contribution in [0.25, 0.3) is 22.6 Å². The number of nitrogens with zero attached hydrogens (tertiary/aromatic N) is 5. The van der Waals surface area contributed by atoms with Gasteiger partial charge in [0.05, 0.1) is 18.5 Å². The van der Waals surface area contributed by atoms with Gasteiger partial charge in [-0.15, -0.1) is 0 Å². The molecule has 30 heavy (non-hydrogen) atoms. The summed E-state index contributed by atoms with van der Waals surface area (Å²) in [5.74, 6) is 1.45. The second kappa shape index (κ2) is 8.97. The number of aromatic nitrogens is 5. The fourth-order valence-electron chi connectivity index (χ4n) is 3.48. The zero-order valence-electron chi connectivity index (χ0n) is 18.1. The average molecular weight is 418 g/mol. The molecule has 1 unspecified atom stereocenters. The van der Waals surface area contributed by atoms with Crippen molar-refractivity contribution in [3.05, 3.63) is 11.9 Å². The van der Waals surface area contributed by atoms with Crippen LogP contribution in [-0.2, 0) is 12.1 Å². The lowest BCUT2D eigenvalue weighted by Gasteiger charge is -2.20. The highest BCUT2D eigenvalue weighted by atomic mass is 16.6. The Kier molecular flexibility index (Phi) is 6.57. The van der Waals surface area contributed by atoms with E-state index < -0.39 is 5.60 Å². The zero-order valence-corrected chi connectivity index (χ0v) is 18.1. The molecule has 0 aliphatic carbocycles. The van der Waals surface area contributed by atoms with Crippen LogP contribution in [0.15, 0.2) is 10.8 Å². The highest BCUT2D eigenvalue weighted by molar-refractivity contribution is 5.88. The van der Waals surface area contributed by atoms with E-state index in [9.17, 15) is 5.11 Å². The number of unbranched alkanes of at least 4 members (excludes halogenated alkanes) is 1. The first-order valence-electron chi connectivity index (χ1n) is 10.3. The number of pyridine rings is 1. The maximum Gasteiger partial charge on any atom is 0.199 e. The molecular weight excluding hydrogens is 386 g/mol. The molecular formula is C20H31N7O3. The molecule has 0 amide bonds. The van der Waals surface area contributed by atoms with Crippen LogP contribution in [0, 0.1) is 5.92 Å². The van der Waals surface area contributed by atoms with E-state index in [2.05, 4.69) is 22.2 Å². The fourth-order valence-corrected chi connectivity index (χ4v) is 3.48. The maximum atomic E-state index is 10.6. The monoisotopic (exact) mass is 417 g/mol. The Morgan fingerprint density at radius 2 is 2.07 bits per heavy atom. The van der Waals surface area contributed by atoms with Crippen LogP contribution in [0.4, 0.5) is 5.82 Å². The van der Waals surface area contributed by atoms with Crippen molar-refractivity contribution in [3.63, 3.8) is 0 Å². The summed E-state index contributed by atoms with van der Waals surface area (Å²) in [7, 11) is 0. The van der Waals surface area contributed by atoms with Gasteiger partial charge in [0, 0.05) is 12.5 Å². The van der Waals surface area contributed by atoms with Gasteiger partial charge in [0.25, 0.3) is 0 Å². The normalized spacial score (nSPS) is 13.1. The summed E-state index contributed by atoms with van der Waals surface area (Å²) >= 11 is 0. The number of ether oxygens (including phenoxy) is 1. The van der Waals surface area contributed by atoms with Gasteiger partial charge in [-0.1, -0.05) is 19.8 Å². The molecule has 0 saturated carbocycles. The minimum atomic E-state index is -1.20. The van der Waals surface area contributed by atoms with Crippen molar-refractivity contribution in [1.29, 1.82) is 0 Å². The number of nitrogens with two attached hydrogens (primary N) is 2. The Morgan fingerprint density at radius 1 is 1.30 bits per heavy atom. The SMILES string of the molecule is CCCCC(CN)COc1cnc(C(C)(C)O)c2nc(-c3nonc3N)n(CC)c12. The Morgan fingerprint density at radius 3 is 2.63 bits per heavy atom. The molecule has 0 bridgehead atoms. The quantitative estimate of drug-likeness (QED) is 0.451. The number of rotatable bonds is 10. The van der Waals surface area contributed by atoms with Crippen LogP contribution in [0.2, 0.25) is 0 Å². The second-order valence-electron chi connectivity index (χ2n) is 7.96. The zero-order chi connectivity index (χ0) is 21.9. The minimum absolute atomic E-state index is 0.142. The highest BCUT2D eigenvalue weighted by Crippen LogP contribution is 2.36. The van der Waals surface area contributed by atoms with Crippen molar-refractivity contribution >= 4 is 16.9 Å². The smallest absolute Gasteiger partial charge is 0.199 e. The van der Waals surface area contributed by atoms with E-state index in [-0.39, 0.29) is 11.7 Å². The molecule has 0 aromatic carbocycles. The van der Waals surface area contributed by atoms with E-state index >= 15 is 0 Å². The van der Waals surface area contributed by atoms with Crippen LogP contribution in [0.5, 0.6) is 5.75 Å². The molecule has 10 nitrogen and oxygen atoms in total. The number of anilines is 1. The van der Waals surface area contributed by atoms with Gasteiger partial charge >= 0.3 is 0 Å². The summed E-state index contributed by atoms with van der Waals surface area (Å²) in [6.45, 7) is 9.07. The van der Waals surface area contributed by atoms with Crippen molar-refractivity contribution in [2.24, 2.45) is 11.7 Å². The summed E-state index contributed by atoms with van der Waals surface area (Å²) in [4.78, 5) is 9.17. The van der Waals surface area contributed by atoms with E-state index in [1.165, 1.54) is 0 Å². The molecule has 3 aromatic heterocycles. The largest absolute Gasteiger partial charge is 0.489 e. The minimum Gasteiger partial charge on any atom is -0.489 e. The van der Waals surface area contributed by atoms with Crippen molar-refractivity contribution in [2.45, 2.75) is 59.1 Å². The first-order chi connectivity index (χ1) is 14.3. The van der Waals surface area contributed by atoms with Gasteiger partial charge in [-0.3, -0.25) is 4.98 Å². The van der Waals surface area contributed by atoms with E-state index in [4.69, 9.17) is 25.8 Å². The molecule has 0 saturated heterocycles. The Bertz CT molecular complexity index is 990. The number of nitrogen functional groups attached to an aromatic ring is 1. The first kappa shape index (κ1) is 22.0. The third-order valence-electron chi connectivity index (χ3n) is 5.13. The highest BCUT2D eigenvalue weighted by Gasteiger charge is 2.29. The molecule has 0 radical (unpaired) electrons. The van der Waals surface area contributed by atoms with Gasteiger partial charge in [-0.2, -0.15) is 0 Å². The predicted molar refractivity (Wildman–Crippen MR) is 114 cm³/mol. The third-order valence-corrected chi connectivity index (χ3v) is 5.13. The first-order valence-corrected chi connectivity index (χ1v) is 10.3. The van der Waals surface area contributed by atoms with Gasteiger partial charge < -0.3 is 25.9 Å². The number of aryl methyl sites for hydroxylation is 1. The van der Waals surface area contributed by atoms with E-state index in [1.54, 1.807) is 20.0 Å². The van der Waals surface area contributed by atoms with Crippen LogP contribution in [0.3, 0.4) is 0 Å². The summed E-state index contributed by atoms with van der Waals surface area (Å²) in [6.07, 6.45) is 4.85. The van der Waals surface area contributed by atoms with Crippen molar-refractivity contribution < 1.29 is 14.5 Å². The van der Waals surface area contributed by atoms with Crippen LogP contribution in [-0.4, -0.2) is 43.1 Å². The molecule has 3 heterocycles. The number of hydrogen-bond donors (Lipinski definition) is 3. The molecule has 3 rings (SSSR count). The summed E-state index contributed by atoms with van der Waals surface area (Å²) in [5, 5.41) is 18.2. The number of imidazole rings is 1. The van der Waals surface area contributed by atoms with Crippen LogP contribution < -0.4 is 16.2 Å². The van der Waals surface area contributed by atoms with Gasteiger partial charge in [0.1, 0.15) is 16.6 Å². The third kappa shape index (κ3) is 4.24. The molecule has 0 aliphatic rings. The second-order valence-corrected chi connectivity index (χ2v) is 7.96. The molecule has 0 aliphatic heterocycles.